The summed E-state index contributed by atoms with van der Waals surface area (Å²) in [6.07, 6.45) is 1.09. The van der Waals surface area contributed by atoms with Gasteiger partial charge in [-0.3, -0.25) is 4.79 Å². The summed E-state index contributed by atoms with van der Waals surface area (Å²) < 4.78 is 17.9. The highest BCUT2D eigenvalue weighted by atomic mass is 19.1. The van der Waals surface area contributed by atoms with Crippen LogP contribution in [0.5, 0.6) is 0 Å². The highest BCUT2D eigenvalue weighted by Gasteiger charge is 2.21. The Bertz CT molecular complexity index is 563. The summed E-state index contributed by atoms with van der Waals surface area (Å²) in [5, 5.41) is 3.85. The smallest absolute Gasteiger partial charge is 0.237 e. The molecule has 5 heteroatoms. The lowest BCUT2D eigenvalue weighted by atomic mass is 10.0. The first-order valence-corrected chi connectivity index (χ1v) is 6.17. The summed E-state index contributed by atoms with van der Waals surface area (Å²) >= 11 is 0. The van der Waals surface area contributed by atoms with E-state index in [1.807, 2.05) is 6.92 Å². The van der Waals surface area contributed by atoms with Crippen LogP contribution in [0.3, 0.4) is 0 Å². The van der Waals surface area contributed by atoms with Crippen molar-refractivity contribution in [3.63, 3.8) is 0 Å². The molecule has 1 atom stereocenters. The van der Waals surface area contributed by atoms with E-state index in [-0.39, 0.29) is 17.5 Å². The van der Waals surface area contributed by atoms with Gasteiger partial charge in [0, 0.05) is 6.42 Å². The molecule has 4 nitrogen and oxygen atoms in total. The molecule has 19 heavy (non-hydrogen) atoms. The lowest BCUT2D eigenvalue weighted by Gasteiger charge is -2.03. The predicted molar refractivity (Wildman–Crippen MR) is 67.2 cm³/mol. The van der Waals surface area contributed by atoms with Crippen LogP contribution in [0.4, 0.5) is 4.39 Å². The number of halogens is 1. The molecule has 0 aliphatic heterocycles. The summed E-state index contributed by atoms with van der Waals surface area (Å²) in [6.45, 7) is 3.41. The third kappa shape index (κ3) is 3.24. The Morgan fingerprint density at radius 3 is 2.63 bits per heavy atom. The molecule has 2 rings (SSSR count). The summed E-state index contributed by atoms with van der Waals surface area (Å²) in [4.78, 5) is 15.6. The number of Topliss-reactive ketones (excluding diaryl/α,β-unsaturated/α-hetero) is 1. The second-order valence-electron chi connectivity index (χ2n) is 4.42. The van der Waals surface area contributed by atoms with Crippen molar-refractivity contribution < 1.29 is 13.7 Å². The molecular weight excluding hydrogens is 247 g/mol. The minimum Gasteiger partial charge on any atom is -0.339 e. The second-order valence-corrected chi connectivity index (χ2v) is 4.42. The van der Waals surface area contributed by atoms with Crippen LogP contribution in [-0.4, -0.2) is 15.9 Å². The topological polar surface area (TPSA) is 56.0 Å². The largest absolute Gasteiger partial charge is 0.339 e. The van der Waals surface area contributed by atoms with E-state index < -0.39 is 0 Å². The summed E-state index contributed by atoms with van der Waals surface area (Å²) in [5.41, 5.74) is 0.893. The molecule has 0 saturated heterocycles. The average Bonchev–Trinajstić information content (AvgIpc) is 2.81. The minimum absolute atomic E-state index is 0.0134. The molecule has 0 bridgehead atoms. The van der Waals surface area contributed by atoms with Crippen LogP contribution < -0.4 is 0 Å². The van der Waals surface area contributed by atoms with Crippen LogP contribution in [-0.2, 0) is 11.2 Å². The number of carbonyl (C=O) groups excluding carboxylic acids is 1. The lowest BCUT2D eigenvalue weighted by molar-refractivity contribution is -0.119. The number of hydrogen-bond donors (Lipinski definition) is 0. The number of rotatable bonds is 5. The van der Waals surface area contributed by atoms with Crippen molar-refractivity contribution in [2.75, 3.05) is 0 Å². The van der Waals surface area contributed by atoms with E-state index >= 15 is 0 Å². The average molecular weight is 262 g/mol. The van der Waals surface area contributed by atoms with E-state index in [0.29, 0.717) is 24.6 Å². The number of carbonyl (C=O) groups is 1. The predicted octanol–water partition coefficient (Wildman–Crippen LogP) is 2.88. The molecule has 0 N–H and O–H groups in total. The van der Waals surface area contributed by atoms with Gasteiger partial charge in [-0.05, 0) is 31.0 Å². The van der Waals surface area contributed by atoms with Crippen molar-refractivity contribution in [1.82, 2.24) is 10.1 Å². The van der Waals surface area contributed by atoms with Gasteiger partial charge in [0.15, 0.2) is 5.82 Å². The molecule has 1 heterocycles. The van der Waals surface area contributed by atoms with Crippen LogP contribution in [0.25, 0.3) is 0 Å². The molecule has 100 valence electrons. The second kappa shape index (κ2) is 5.73. The van der Waals surface area contributed by atoms with Crippen molar-refractivity contribution in [3.05, 3.63) is 47.4 Å². The molecule has 1 aromatic heterocycles. The Hall–Kier alpha value is -2.04. The van der Waals surface area contributed by atoms with Crippen LogP contribution in [0.2, 0.25) is 0 Å². The zero-order valence-electron chi connectivity index (χ0n) is 10.9. The van der Waals surface area contributed by atoms with E-state index in [1.165, 1.54) is 19.1 Å². The van der Waals surface area contributed by atoms with Gasteiger partial charge in [-0.2, -0.15) is 4.98 Å². The standard InChI is InChI=1S/C14H15FN2O2/c1-3-12(9(2)18)14-16-13(17-19-14)8-10-4-6-11(15)7-5-10/h4-7,12H,3,8H2,1-2H3. The molecule has 1 aromatic carbocycles. The van der Waals surface area contributed by atoms with Crippen molar-refractivity contribution in [2.45, 2.75) is 32.6 Å². The Labute approximate surface area is 110 Å². The molecule has 0 spiro atoms. The first-order chi connectivity index (χ1) is 9.10. The Morgan fingerprint density at radius 2 is 2.05 bits per heavy atom. The monoisotopic (exact) mass is 262 g/mol. The van der Waals surface area contributed by atoms with Gasteiger partial charge in [-0.15, -0.1) is 0 Å². The summed E-state index contributed by atoms with van der Waals surface area (Å²) in [6, 6.07) is 6.13. The Balaban J connectivity index is 2.13. The molecule has 0 aliphatic carbocycles. The fourth-order valence-electron chi connectivity index (χ4n) is 1.90. The first kappa shape index (κ1) is 13.4. The van der Waals surface area contributed by atoms with E-state index in [2.05, 4.69) is 10.1 Å². The van der Waals surface area contributed by atoms with Gasteiger partial charge < -0.3 is 4.52 Å². The van der Waals surface area contributed by atoms with Gasteiger partial charge in [0.25, 0.3) is 0 Å². The van der Waals surface area contributed by atoms with E-state index in [1.54, 1.807) is 12.1 Å². The number of aromatic nitrogens is 2. The lowest BCUT2D eigenvalue weighted by Crippen LogP contribution is -2.08. The molecule has 1 unspecified atom stereocenters. The maximum atomic E-state index is 12.8. The number of hydrogen-bond acceptors (Lipinski definition) is 4. The van der Waals surface area contributed by atoms with Gasteiger partial charge in [-0.25, -0.2) is 4.39 Å². The maximum absolute atomic E-state index is 12.8. The van der Waals surface area contributed by atoms with E-state index in [0.717, 1.165) is 5.56 Å². The van der Waals surface area contributed by atoms with Crippen molar-refractivity contribution in [2.24, 2.45) is 0 Å². The van der Waals surface area contributed by atoms with Gasteiger partial charge in [-0.1, -0.05) is 24.2 Å². The Kier molecular flexibility index (Phi) is 4.04. The fraction of sp³-hybridized carbons (Fsp3) is 0.357. The van der Waals surface area contributed by atoms with E-state index in [9.17, 15) is 9.18 Å². The van der Waals surface area contributed by atoms with Crippen LogP contribution >= 0.6 is 0 Å². The van der Waals surface area contributed by atoms with Crippen molar-refractivity contribution >= 4 is 5.78 Å². The summed E-state index contributed by atoms with van der Waals surface area (Å²) in [7, 11) is 0. The van der Waals surface area contributed by atoms with Crippen LogP contribution in [0.15, 0.2) is 28.8 Å². The molecule has 0 saturated carbocycles. The van der Waals surface area contributed by atoms with Gasteiger partial charge in [0.1, 0.15) is 11.6 Å². The van der Waals surface area contributed by atoms with Crippen LogP contribution in [0.1, 0.15) is 43.5 Å². The van der Waals surface area contributed by atoms with Crippen LogP contribution in [0, 0.1) is 5.82 Å². The van der Waals surface area contributed by atoms with E-state index in [4.69, 9.17) is 4.52 Å². The molecule has 0 radical (unpaired) electrons. The third-order valence-corrected chi connectivity index (χ3v) is 2.96. The number of nitrogens with zero attached hydrogens (tertiary/aromatic N) is 2. The number of ketones is 1. The maximum Gasteiger partial charge on any atom is 0.237 e. The number of benzene rings is 1. The van der Waals surface area contributed by atoms with Gasteiger partial charge in [0.05, 0.1) is 5.92 Å². The zero-order valence-corrected chi connectivity index (χ0v) is 10.9. The molecule has 2 aromatic rings. The fourth-order valence-corrected chi connectivity index (χ4v) is 1.90. The molecule has 0 aliphatic rings. The highest BCUT2D eigenvalue weighted by molar-refractivity contribution is 5.82. The molecule has 0 fully saturated rings. The zero-order chi connectivity index (χ0) is 13.8. The highest BCUT2D eigenvalue weighted by Crippen LogP contribution is 2.19. The summed E-state index contributed by atoms with van der Waals surface area (Å²) in [5.74, 6) is 0.252. The third-order valence-electron chi connectivity index (χ3n) is 2.96. The first-order valence-electron chi connectivity index (χ1n) is 6.17. The molecule has 0 amide bonds. The minimum atomic E-state index is -0.338. The quantitative estimate of drug-likeness (QED) is 0.831. The van der Waals surface area contributed by atoms with Crippen molar-refractivity contribution in [3.8, 4) is 0 Å². The SMILES string of the molecule is CCC(C(C)=O)c1nc(Cc2ccc(F)cc2)no1. The molecular formula is C14H15FN2O2. The Morgan fingerprint density at radius 1 is 1.37 bits per heavy atom. The van der Waals surface area contributed by atoms with Gasteiger partial charge in [0.2, 0.25) is 5.89 Å². The normalized spacial score (nSPS) is 12.4. The van der Waals surface area contributed by atoms with Gasteiger partial charge >= 0.3 is 0 Å². The van der Waals surface area contributed by atoms with Crippen molar-refractivity contribution in [1.29, 1.82) is 0 Å².